The lowest BCUT2D eigenvalue weighted by molar-refractivity contribution is -0.135. The molecule has 2 atom stereocenters. The van der Waals surface area contributed by atoms with Crippen LogP contribution in [-0.2, 0) is 9.59 Å². The Hall–Kier alpha value is -0.850. The number of nitrogens with zero attached hydrogens (tertiary/aromatic N) is 2. The molecule has 0 aromatic carbocycles. The first-order valence-electron chi connectivity index (χ1n) is 6.61. The Morgan fingerprint density at radius 3 is 2.47 bits per heavy atom. The lowest BCUT2D eigenvalue weighted by atomic mass is 9.97. The van der Waals surface area contributed by atoms with Crippen molar-refractivity contribution in [1.82, 2.24) is 9.80 Å². The molecule has 2 fully saturated rings. The molecular formula is C12H23ClN4O2. The summed E-state index contributed by atoms with van der Waals surface area (Å²) in [6.07, 6.45) is 2.61. The summed E-state index contributed by atoms with van der Waals surface area (Å²) in [5.74, 6) is -0.380. The van der Waals surface area contributed by atoms with E-state index in [0.717, 1.165) is 38.9 Å². The van der Waals surface area contributed by atoms with E-state index in [0.29, 0.717) is 13.1 Å². The number of hydrogen-bond acceptors (Lipinski definition) is 4. The molecule has 2 aliphatic rings. The van der Waals surface area contributed by atoms with Crippen LogP contribution in [0.5, 0.6) is 0 Å². The highest BCUT2D eigenvalue weighted by Gasteiger charge is 2.29. The van der Waals surface area contributed by atoms with Gasteiger partial charge in [0.15, 0.2) is 0 Å². The van der Waals surface area contributed by atoms with Gasteiger partial charge in [-0.3, -0.25) is 14.5 Å². The van der Waals surface area contributed by atoms with Crippen molar-refractivity contribution in [2.75, 3.05) is 32.7 Å². The Kier molecular flexibility index (Phi) is 6.03. The number of hydrogen-bond donors (Lipinski definition) is 2. The topological polar surface area (TPSA) is 92.7 Å². The molecule has 0 aliphatic carbocycles. The van der Waals surface area contributed by atoms with Crippen molar-refractivity contribution in [1.29, 1.82) is 0 Å². The van der Waals surface area contributed by atoms with Crippen LogP contribution >= 0.6 is 12.4 Å². The predicted molar refractivity (Wildman–Crippen MR) is 74.8 cm³/mol. The van der Waals surface area contributed by atoms with Gasteiger partial charge in [0.1, 0.15) is 0 Å². The van der Waals surface area contributed by atoms with E-state index < -0.39 is 0 Å². The van der Waals surface area contributed by atoms with Gasteiger partial charge < -0.3 is 16.4 Å². The number of likely N-dealkylation sites (tertiary alicyclic amines) is 2. The fourth-order valence-corrected chi connectivity index (χ4v) is 2.73. The first kappa shape index (κ1) is 16.2. The third-order valence-electron chi connectivity index (χ3n) is 3.84. The third kappa shape index (κ3) is 4.33. The average Bonchev–Trinajstić information content (AvgIpc) is 2.75. The lowest BCUT2D eigenvalue weighted by Crippen LogP contribution is -2.47. The van der Waals surface area contributed by atoms with Crippen molar-refractivity contribution in [3.8, 4) is 0 Å². The third-order valence-corrected chi connectivity index (χ3v) is 3.84. The van der Waals surface area contributed by atoms with Crippen LogP contribution in [0.15, 0.2) is 0 Å². The quantitative estimate of drug-likeness (QED) is 0.709. The Balaban J connectivity index is 0.00000180. The molecule has 6 nitrogen and oxygen atoms in total. The van der Waals surface area contributed by atoms with E-state index in [1.165, 1.54) is 0 Å². The molecule has 1 unspecified atom stereocenters. The Morgan fingerprint density at radius 1 is 1.16 bits per heavy atom. The summed E-state index contributed by atoms with van der Waals surface area (Å²) in [5.41, 5.74) is 11.1. The molecular weight excluding hydrogens is 268 g/mol. The molecule has 4 N–H and O–H groups in total. The molecule has 2 heterocycles. The zero-order chi connectivity index (χ0) is 13.1. The minimum Gasteiger partial charge on any atom is -0.369 e. The van der Waals surface area contributed by atoms with Gasteiger partial charge in [-0.05, 0) is 19.3 Å². The molecule has 0 spiro atoms. The Bertz CT molecular complexity index is 340. The van der Waals surface area contributed by atoms with Crippen molar-refractivity contribution in [2.24, 2.45) is 17.4 Å². The summed E-state index contributed by atoms with van der Waals surface area (Å²) in [7, 11) is 0. The smallest absolute Gasteiger partial charge is 0.236 e. The van der Waals surface area contributed by atoms with Crippen molar-refractivity contribution in [2.45, 2.75) is 25.3 Å². The van der Waals surface area contributed by atoms with E-state index in [-0.39, 0.29) is 36.2 Å². The van der Waals surface area contributed by atoms with E-state index >= 15 is 0 Å². The highest BCUT2D eigenvalue weighted by Crippen LogP contribution is 2.17. The first-order chi connectivity index (χ1) is 8.56. The molecule has 0 bridgehead atoms. The van der Waals surface area contributed by atoms with E-state index in [4.69, 9.17) is 11.5 Å². The molecule has 2 rings (SSSR count). The van der Waals surface area contributed by atoms with Crippen LogP contribution < -0.4 is 11.5 Å². The normalized spacial score (nSPS) is 27.9. The molecule has 0 aromatic rings. The maximum absolute atomic E-state index is 12.1. The monoisotopic (exact) mass is 290 g/mol. The molecule has 19 heavy (non-hydrogen) atoms. The Labute approximate surface area is 119 Å². The second kappa shape index (κ2) is 7.07. The van der Waals surface area contributed by atoms with Gasteiger partial charge >= 0.3 is 0 Å². The zero-order valence-electron chi connectivity index (χ0n) is 11.1. The number of piperidine rings is 1. The fraction of sp³-hybridized carbons (Fsp3) is 0.833. The van der Waals surface area contributed by atoms with Crippen molar-refractivity contribution in [3.05, 3.63) is 0 Å². The highest BCUT2D eigenvalue weighted by molar-refractivity contribution is 5.85. The van der Waals surface area contributed by atoms with Crippen LogP contribution in [0.3, 0.4) is 0 Å². The van der Waals surface area contributed by atoms with Gasteiger partial charge in [0.25, 0.3) is 0 Å². The largest absolute Gasteiger partial charge is 0.369 e. The number of rotatable bonds is 3. The summed E-state index contributed by atoms with van der Waals surface area (Å²) in [6, 6.07) is 0.192. The number of amides is 2. The minimum absolute atomic E-state index is 0. The van der Waals surface area contributed by atoms with Crippen molar-refractivity contribution >= 4 is 24.2 Å². The van der Waals surface area contributed by atoms with Crippen LogP contribution in [0.1, 0.15) is 19.3 Å². The minimum atomic E-state index is -0.296. The van der Waals surface area contributed by atoms with E-state index in [9.17, 15) is 9.59 Å². The molecule has 0 saturated carbocycles. The molecule has 0 radical (unpaired) electrons. The van der Waals surface area contributed by atoms with Gasteiger partial charge in [-0.25, -0.2) is 0 Å². The summed E-state index contributed by atoms with van der Waals surface area (Å²) in [5, 5.41) is 0. The van der Waals surface area contributed by atoms with Crippen molar-refractivity contribution < 1.29 is 9.59 Å². The number of halogens is 1. The summed E-state index contributed by atoms with van der Waals surface area (Å²) < 4.78 is 0. The summed E-state index contributed by atoms with van der Waals surface area (Å²) in [4.78, 5) is 27.1. The van der Waals surface area contributed by atoms with Crippen LogP contribution in [-0.4, -0.2) is 60.4 Å². The maximum atomic E-state index is 12.1. The predicted octanol–water partition coefficient (Wildman–Crippen LogP) is -0.835. The first-order valence-corrected chi connectivity index (χ1v) is 6.61. The number of carbonyl (C=O) groups is 2. The van der Waals surface area contributed by atoms with Gasteiger partial charge in [-0.1, -0.05) is 0 Å². The Morgan fingerprint density at radius 2 is 1.89 bits per heavy atom. The molecule has 2 saturated heterocycles. The summed E-state index contributed by atoms with van der Waals surface area (Å²) in [6.45, 7) is 3.31. The maximum Gasteiger partial charge on any atom is 0.236 e. The van der Waals surface area contributed by atoms with E-state index in [1.807, 2.05) is 0 Å². The average molecular weight is 291 g/mol. The molecule has 110 valence electrons. The number of primary amides is 1. The molecule has 2 amide bonds. The second-order valence-electron chi connectivity index (χ2n) is 5.37. The SMILES string of the molecule is Cl.NC(=O)C1CCCN(C(=O)CN2CC[C@@H](N)C2)C1. The molecule has 7 heteroatoms. The molecule has 2 aliphatic heterocycles. The van der Waals surface area contributed by atoms with E-state index in [2.05, 4.69) is 4.90 Å². The van der Waals surface area contributed by atoms with Gasteiger partial charge in [0.05, 0.1) is 12.5 Å². The standard InChI is InChI=1S/C12H22N4O2.ClH/c13-10-3-5-15(7-10)8-11(17)16-4-1-2-9(6-16)12(14)18;/h9-10H,1-8,13H2,(H2,14,18);1H/t9?,10-;/m1./s1. The van der Waals surface area contributed by atoms with Crippen LogP contribution in [0.25, 0.3) is 0 Å². The highest BCUT2D eigenvalue weighted by atomic mass is 35.5. The zero-order valence-corrected chi connectivity index (χ0v) is 11.9. The molecule has 0 aromatic heterocycles. The second-order valence-corrected chi connectivity index (χ2v) is 5.37. The lowest BCUT2D eigenvalue weighted by Gasteiger charge is -2.32. The van der Waals surface area contributed by atoms with Crippen LogP contribution in [0.4, 0.5) is 0 Å². The van der Waals surface area contributed by atoms with Gasteiger partial charge in [0, 0.05) is 32.2 Å². The van der Waals surface area contributed by atoms with Gasteiger partial charge in [-0.15, -0.1) is 12.4 Å². The number of nitrogens with two attached hydrogens (primary N) is 2. The van der Waals surface area contributed by atoms with Gasteiger partial charge in [0.2, 0.25) is 11.8 Å². The van der Waals surface area contributed by atoms with Gasteiger partial charge in [-0.2, -0.15) is 0 Å². The van der Waals surface area contributed by atoms with Crippen molar-refractivity contribution in [3.63, 3.8) is 0 Å². The number of carbonyl (C=O) groups excluding carboxylic acids is 2. The van der Waals surface area contributed by atoms with Crippen LogP contribution in [0, 0.1) is 5.92 Å². The summed E-state index contributed by atoms with van der Waals surface area (Å²) >= 11 is 0. The fourth-order valence-electron chi connectivity index (χ4n) is 2.73. The van der Waals surface area contributed by atoms with Crippen LogP contribution in [0.2, 0.25) is 0 Å². The van der Waals surface area contributed by atoms with E-state index in [1.54, 1.807) is 4.90 Å².